The van der Waals surface area contributed by atoms with Crippen LogP contribution >= 0.6 is 0 Å². The van der Waals surface area contributed by atoms with Gasteiger partial charge in [-0.3, -0.25) is 4.90 Å². The van der Waals surface area contributed by atoms with Crippen LogP contribution in [0.1, 0.15) is 33.6 Å². The molecule has 1 saturated heterocycles. The molecule has 0 aromatic carbocycles. The molecule has 0 aromatic heterocycles. The second-order valence-electron chi connectivity index (χ2n) is 4.74. The molecule has 0 amide bonds. The SMILES string of the molecule is CCCC(CN)N1CCOCC1(C)C. The first-order valence-electron chi connectivity index (χ1n) is 5.66. The average Bonchev–Trinajstić information content (AvgIpc) is 2.14. The Kier molecular flexibility index (Phi) is 4.35. The van der Waals surface area contributed by atoms with E-state index in [1.807, 2.05) is 0 Å². The highest BCUT2D eigenvalue weighted by atomic mass is 16.5. The van der Waals surface area contributed by atoms with Crippen LogP contribution in [0.3, 0.4) is 0 Å². The number of nitrogens with two attached hydrogens (primary N) is 1. The molecule has 0 bridgehead atoms. The zero-order chi connectivity index (χ0) is 10.6. The van der Waals surface area contributed by atoms with E-state index in [-0.39, 0.29) is 5.54 Å². The Morgan fingerprint density at radius 1 is 1.50 bits per heavy atom. The topological polar surface area (TPSA) is 38.5 Å². The van der Waals surface area contributed by atoms with E-state index in [1.54, 1.807) is 0 Å². The summed E-state index contributed by atoms with van der Waals surface area (Å²) in [6.45, 7) is 10.2. The predicted molar refractivity (Wildman–Crippen MR) is 59.4 cm³/mol. The molecule has 2 N–H and O–H groups in total. The maximum absolute atomic E-state index is 5.83. The van der Waals surface area contributed by atoms with E-state index in [9.17, 15) is 0 Å². The molecule has 0 aliphatic carbocycles. The van der Waals surface area contributed by atoms with Crippen molar-refractivity contribution in [2.45, 2.75) is 45.2 Å². The van der Waals surface area contributed by atoms with Gasteiger partial charge < -0.3 is 10.5 Å². The van der Waals surface area contributed by atoms with Crippen LogP contribution in [-0.4, -0.2) is 42.8 Å². The van der Waals surface area contributed by atoms with Gasteiger partial charge in [0, 0.05) is 24.7 Å². The second kappa shape index (κ2) is 5.10. The van der Waals surface area contributed by atoms with Crippen molar-refractivity contribution in [2.75, 3.05) is 26.3 Å². The second-order valence-corrected chi connectivity index (χ2v) is 4.74. The van der Waals surface area contributed by atoms with Crippen LogP contribution < -0.4 is 5.73 Å². The van der Waals surface area contributed by atoms with Gasteiger partial charge in [-0.15, -0.1) is 0 Å². The lowest BCUT2D eigenvalue weighted by Gasteiger charge is -2.46. The van der Waals surface area contributed by atoms with Crippen molar-refractivity contribution in [3.63, 3.8) is 0 Å². The van der Waals surface area contributed by atoms with Gasteiger partial charge in [-0.25, -0.2) is 0 Å². The lowest BCUT2D eigenvalue weighted by molar-refractivity contribution is -0.0716. The zero-order valence-corrected chi connectivity index (χ0v) is 9.75. The first-order chi connectivity index (χ1) is 6.61. The average molecular weight is 200 g/mol. The van der Waals surface area contributed by atoms with Gasteiger partial charge in [0.05, 0.1) is 13.2 Å². The van der Waals surface area contributed by atoms with Crippen LogP contribution in [0.4, 0.5) is 0 Å². The third kappa shape index (κ3) is 2.69. The van der Waals surface area contributed by atoms with Crippen molar-refractivity contribution in [3.05, 3.63) is 0 Å². The first-order valence-corrected chi connectivity index (χ1v) is 5.66. The molecule has 14 heavy (non-hydrogen) atoms. The van der Waals surface area contributed by atoms with E-state index in [2.05, 4.69) is 25.7 Å². The van der Waals surface area contributed by atoms with E-state index in [0.717, 1.165) is 26.3 Å². The normalized spacial score (nSPS) is 24.9. The fourth-order valence-corrected chi connectivity index (χ4v) is 2.28. The number of nitrogens with zero attached hydrogens (tertiary/aromatic N) is 1. The van der Waals surface area contributed by atoms with Crippen LogP contribution in [0.5, 0.6) is 0 Å². The van der Waals surface area contributed by atoms with E-state index >= 15 is 0 Å². The molecule has 0 aromatic rings. The number of hydrogen-bond acceptors (Lipinski definition) is 3. The molecule has 1 atom stereocenters. The molecule has 1 fully saturated rings. The fourth-order valence-electron chi connectivity index (χ4n) is 2.28. The molecule has 0 radical (unpaired) electrons. The summed E-state index contributed by atoms with van der Waals surface area (Å²) in [4.78, 5) is 2.51. The zero-order valence-electron chi connectivity index (χ0n) is 9.75. The molecule has 3 nitrogen and oxygen atoms in total. The molecule has 1 aliphatic heterocycles. The molecule has 1 unspecified atom stereocenters. The maximum atomic E-state index is 5.83. The smallest absolute Gasteiger partial charge is 0.0645 e. The molecule has 0 saturated carbocycles. The largest absolute Gasteiger partial charge is 0.378 e. The number of hydrogen-bond donors (Lipinski definition) is 1. The Morgan fingerprint density at radius 3 is 2.71 bits per heavy atom. The van der Waals surface area contributed by atoms with E-state index in [1.165, 1.54) is 12.8 Å². The maximum Gasteiger partial charge on any atom is 0.0645 e. The van der Waals surface area contributed by atoms with Gasteiger partial charge in [0.2, 0.25) is 0 Å². The highest BCUT2D eigenvalue weighted by Crippen LogP contribution is 2.23. The summed E-state index contributed by atoms with van der Waals surface area (Å²) >= 11 is 0. The monoisotopic (exact) mass is 200 g/mol. The summed E-state index contributed by atoms with van der Waals surface area (Å²) in [5.74, 6) is 0. The Bertz CT molecular complexity index is 171. The van der Waals surface area contributed by atoms with Crippen molar-refractivity contribution in [1.82, 2.24) is 4.90 Å². The molecule has 84 valence electrons. The summed E-state index contributed by atoms with van der Waals surface area (Å²) in [6, 6.07) is 0.527. The number of ether oxygens (including phenoxy) is 1. The molecule has 0 spiro atoms. The summed E-state index contributed by atoms with van der Waals surface area (Å²) in [5.41, 5.74) is 5.98. The van der Waals surface area contributed by atoms with Crippen molar-refractivity contribution in [1.29, 1.82) is 0 Å². The highest BCUT2D eigenvalue weighted by molar-refractivity contribution is 4.89. The van der Waals surface area contributed by atoms with Gasteiger partial charge >= 0.3 is 0 Å². The minimum absolute atomic E-state index is 0.150. The van der Waals surface area contributed by atoms with Crippen LogP contribution in [-0.2, 0) is 4.74 Å². The molecular weight excluding hydrogens is 176 g/mol. The number of morpholine rings is 1. The Hall–Kier alpha value is -0.120. The molecule has 1 aliphatic rings. The summed E-state index contributed by atoms with van der Waals surface area (Å²) in [5, 5.41) is 0. The van der Waals surface area contributed by atoms with Crippen molar-refractivity contribution in [2.24, 2.45) is 5.73 Å². The Balaban J connectivity index is 2.61. The third-order valence-corrected chi connectivity index (χ3v) is 3.04. The Morgan fingerprint density at radius 2 is 2.21 bits per heavy atom. The van der Waals surface area contributed by atoms with Crippen molar-refractivity contribution < 1.29 is 4.74 Å². The number of rotatable bonds is 4. The Labute approximate surface area is 87.6 Å². The summed E-state index contributed by atoms with van der Waals surface area (Å²) < 4.78 is 5.51. The van der Waals surface area contributed by atoms with Gasteiger partial charge in [0.25, 0.3) is 0 Å². The van der Waals surface area contributed by atoms with Gasteiger partial charge in [0.15, 0.2) is 0 Å². The predicted octanol–water partition coefficient (Wildman–Crippen LogP) is 1.22. The minimum atomic E-state index is 0.150. The van der Waals surface area contributed by atoms with Crippen LogP contribution in [0.2, 0.25) is 0 Å². The standard InChI is InChI=1S/C11H24N2O/c1-4-5-10(8-12)13-6-7-14-9-11(13,2)3/h10H,4-9,12H2,1-3H3. The van der Waals surface area contributed by atoms with E-state index < -0.39 is 0 Å². The quantitative estimate of drug-likeness (QED) is 0.741. The molecular formula is C11H24N2O. The van der Waals surface area contributed by atoms with Crippen LogP contribution in [0, 0.1) is 0 Å². The third-order valence-electron chi connectivity index (χ3n) is 3.04. The lowest BCUT2D eigenvalue weighted by Crippen LogP contribution is -2.58. The summed E-state index contributed by atoms with van der Waals surface area (Å²) in [6.07, 6.45) is 2.40. The van der Waals surface area contributed by atoms with Crippen molar-refractivity contribution in [3.8, 4) is 0 Å². The molecule has 3 heteroatoms. The van der Waals surface area contributed by atoms with E-state index in [0.29, 0.717) is 6.04 Å². The molecule has 1 rings (SSSR count). The van der Waals surface area contributed by atoms with Crippen LogP contribution in [0.15, 0.2) is 0 Å². The lowest BCUT2D eigenvalue weighted by atomic mass is 9.97. The van der Waals surface area contributed by atoms with Crippen LogP contribution in [0.25, 0.3) is 0 Å². The van der Waals surface area contributed by atoms with Gasteiger partial charge in [-0.1, -0.05) is 13.3 Å². The van der Waals surface area contributed by atoms with Crippen molar-refractivity contribution >= 4 is 0 Å². The fraction of sp³-hybridized carbons (Fsp3) is 1.00. The van der Waals surface area contributed by atoms with Gasteiger partial charge in [0.1, 0.15) is 0 Å². The van der Waals surface area contributed by atoms with Gasteiger partial charge in [-0.05, 0) is 20.3 Å². The van der Waals surface area contributed by atoms with Gasteiger partial charge in [-0.2, -0.15) is 0 Å². The first kappa shape index (κ1) is 12.0. The highest BCUT2D eigenvalue weighted by Gasteiger charge is 2.34. The minimum Gasteiger partial charge on any atom is -0.378 e. The summed E-state index contributed by atoms with van der Waals surface area (Å²) in [7, 11) is 0. The molecule has 1 heterocycles. The van der Waals surface area contributed by atoms with E-state index in [4.69, 9.17) is 10.5 Å².